The van der Waals surface area contributed by atoms with Gasteiger partial charge in [0, 0.05) is 48.1 Å². The summed E-state index contributed by atoms with van der Waals surface area (Å²) in [6.07, 6.45) is 1.54. The topological polar surface area (TPSA) is 62.5 Å². The lowest BCUT2D eigenvalue weighted by atomic mass is 9.95. The molecular formula is C27H28FN5O. The summed E-state index contributed by atoms with van der Waals surface area (Å²) >= 11 is 0. The van der Waals surface area contributed by atoms with Crippen LogP contribution in [0.4, 0.5) is 15.9 Å². The zero-order valence-electron chi connectivity index (χ0n) is 19.7. The predicted octanol–water partition coefficient (Wildman–Crippen LogP) is 5.32. The number of nitrogens with zero attached hydrogens (tertiary/aromatic N) is 4. The number of aryl methyl sites for hydroxylation is 3. The minimum Gasteiger partial charge on any atom is -0.356 e. The molecule has 0 unspecified atom stereocenters. The third-order valence-corrected chi connectivity index (χ3v) is 6.52. The molecule has 3 heterocycles. The Balaban J connectivity index is 1.33. The van der Waals surface area contributed by atoms with Gasteiger partial charge < -0.3 is 10.2 Å². The van der Waals surface area contributed by atoms with Crippen LogP contribution in [0.5, 0.6) is 0 Å². The number of benzene rings is 2. The smallest absolute Gasteiger partial charge is 0.227 e. The summed E-state index contributed by atoms with van der Waals surface area (Å²) in [6.45, 7) is 7.53. The fourth-order valence-electron chi connectivity index (χ4n) is 4.54. The van der Waals surface area contributed by atoms with E-state index in [-0.39, 0.29) is 17.6 Å². The fraction of sp³-hybridized carbons (Fsp3) is 0.296. The Hall–Kier alpha value is -3.74. The van der Waals surface area contributed by atoms with E-state index in [9.17, 15) is 9.18 Å². The van der Waals surface area contributed by atoms with E-state index in [1.54, 1.807) is 12.1 Å². The molecule has 34 heavy (non-hydrogen) atoms. The second kappa shape index (κ2) is 8.89. The molecule has 174 valence electrons. The first kappa shape index (κ1) is 22.1. The number of carbonyl (C=O) groups excluding carboxylic acids is 1. The van der Waals surface area contributed by atoms with Crippen LogP contribution in [0.25, 0.3) is 16.9 Å². The Bertz CT molecular complexity index is 1350. The van der Waals surface area contributed by atoms with Crippen molar-refractivity contribution >= 4 is 23.1 Å². The molecule has 0 aliphatic carbocycles. The van der Waals surface area contributed by atoms with Gasteiger partial charge in [-0.25, -0.2) is 9.37 Å². The number of hydrogen-bond donors (Lipinski definition) is 1. The van der Waals surface area contributed by atoms with Crippen LogP contribution in [0.2, 0.25) is 0 Å². The summed E-state index contributed by atoms with van der Waals surface area (Å²) in [6, 6.07) is 16.4. The first-order chi connectivity index (χ1) is 16.4. The van der Waals surface area contributed by atoms with Crippen LogP contribution in [0.15, 0.2) is 54.6 Å². The van der Waals surface area contributed by atoms with Gasteiger partial charge in [0.25, 0.3) is 0 Å². The van der Waals surface area contributed by atoms with Crippen molar-refractivity contribution in [2.24, 2.45) is 5.92 Å². The Morgan fingerprint density at radius 2 is 1.74 bits per heavy atom. The van der Waals surface area contributed by atoms with E-state index in [4.69, 9.17) is 5.10 Å². The van der Waals surface area contributed by atoms with Gasteiger partial charge >= 0.3 is 0 Å². The molecule has 6 nitrogen and oxygen atoms in total. The third kappa shape index (κ3) is 4.38. The van der Waals surface area contributed by atoms with Crippen molar-refractivity contribution < 1.29 is 9.18 Å². The van der Waals surface area contributed by atoms with Gasteiger partial charge in [-0.05, 0) is 75.1 Å². The average Bonchev–Trinajstić information content (AvgIpc) is 3.25. The van der Waals surface area contributed by atoms with Crippen molar-refractivity contribution in [3.8, 4) is 11.3 Å². The number of rotatable bonds is 4. The van der Waals surface area contributed by atoms with Gasteiger partial charge in [0.2, 0.25) is 5.91 Å². The lowest BCUT2D eigenvalue weighted by Crippen LogP contribution is -2.39. The summed E-state index contributed by atoms with van der Waals surface area (Å²) in [7, 11) is 0. The third-order valence-electron chi connectivity index (χ3n) is 6.52. The lowest BCUT2D eigenvalue weighted by Gasteiger charge is -2.33. The molecule has 0 radical (unpaired) electrons. The molecule has 7 heteroatoms. The van der Waals surface area contributed by atoms with Crippen molar-refractivity contribution in [2.75, 3.05) is 23.3 Å². The number of hydrogen-bond acceptors (Lipinski definition) is 4. The summed E-state index contributed by atoms with van der Waals surface area (Å²) in [5, 5.41) is 7.90. The number of fused-ring (bicyclic) bond motifs is 1. The molecule has 1 fully saturated rings. The highest BCUT2D eigenvalue weighted by atomic mass is 19.1. The van der Waals surface area contributed by atoms with Crippen molar-refractivity contribution in [2.45, 2.75) is 33.6 Å². The highest BCUT2D eigenvalue weighted by molar-refractivity contribution is 5.93. The second-order valence-corrected chi connectivity index (χ2v) is 9.13. The van der Waals surface area contributed by atoms with Crippen molar-refractivity contribution in [1.29, 1.82) is 0 Å². The standard InChI is InChI=1S/C27H28FN5O/c1-17-4-5-18(2)23(14-17)30-27(34)21-10-12-32(13-11-21)26-15-19(3)29-25-16-24(31-33(25)26)20-6-8-22(28)9-7-20/h4-9,14-16,21H,10-13H2,1-3H3,(H,30,34). The van der Waals surface area contributed by atoms with Gasteiger partial charge in [-0.2, -0.15) is 9.61 Å². The fourth-order valence-corrected chi connectivity index (χ4v) is 4.54. The Labute approximate surface area is 198 Å². The summed E-state index contributed by atoms with van der Waals surface area (Å²) in [5.41, 5.74) is 6.35. The minimum atomic E-state index is -0.272. The molecule has 0 bridgehead atoms. The zero-order chi connectivity index (χ0) is 23.8. The van der Waals surface area contributed by atoms with E-state index in [1.165, 1.54) is 12.1 Å². The molecule has 2 aromatic carbocycles. The Morgan fingerprint density at radius 3 is 2.47 bits per heavy atom. The predicted molar refractivity (Wildman–Crippen MR) is 133 cm³/mol. The number of amides is 1. The number of anilines is 2. The maximum absolute atomic E-state index is 13.3. The SMILES string of the molecule is Cc1ccc(C)c(NC(=O)C2CCN(c3cc(C)nc4cc(-c5ccc(F)cc5)nn34)CC2)c1. The molecule has 1 N–H and O–H groups in total. The molecular weight excluding hydrogens is 429 g/mol. The van der Waals surface area contributed by atoms with Crippen molar-refractivity contribution in [3.63, 3.8) is 0 Å². The molecule has 5 rings (SSSR count). The van der Waals surface area contributed by atoms with E-state index in [0.717, 1.165) is 71.2 Å². The number of aromatic nitrogens is 3. The summed E-state index contributed by atoms with van der Waals surface area (Å²) in [5.74, 6) is 0.750. The van der Waals surface area contributed by atoms with Crippen LogP contribution in [-0.4, -0.2) is 33.6 Å². The van der Waals surface area contributed by atoms with E-state index in [2.05, 4.69) is 21.3 Å². The highest BCUT2D eigenvalue weighted by Gasteiger charge is 2.27. The first-order valence-electron chi connectivity index (χ1n) is 11.6. The van der Waals surface area contributed by atoms with E-state index < -0.39 is 0 Å². The Kier molecular flexibility index (Phi) is 5.77. The van der Waals surface area contributed by atoms with Gasteiger partial charge in [-0.15, -0.1) is 0 Å². The normalized spacial score (nSPS) is 14.5. The number of piperidine rings is 1. The molecule has 1 aliphatic rings. The largest absolute Gasteiger partial charge is 0.356 e. The van der Waals surface area contributed by atoms with Gasteiger partial charge in [-0.3, -0.25) is 4.79 Å². The molecule has 1 amide bonds. The summed E-state index contributed by atoms with van der Waals surface area (Å²) < 4.78 is 15.2. The van der Waals surface area contributed by atoms with Crippen LogP contribution in [0.1, 0.15) is 29.7 Å². The van der Waals surface area contributed by atoms with E-state index in [1.807, 2.05) is 49.6 Å². The lowest BCUT2D eigenvalue weighted by molar-refractivity contribution is -0.120. The molecule has 0 saturated carbocycles. The van der Waals surface area contributed by atoms with E-state index >= 15 is 0 Å². The molecule has 0 spiro atoms. The maximum Gasteiger partial charge on any atom is 0.227 e. The average molecular weight is 458 g/mol. The van der Waals surface area contributed by atoms with Gasteiger partial charge in [-0.1, -0.05) is 12.1 Å². The van der Waals surface area contributed by atoms with Crippen molar-refractivity contribution in [3.05, 3.63) is 77.2 Å². The zero-order valence-corrected chi connectivity index (χ0v) is 19.7. The van der Waals surface area contributed by atoms with E-state index in [0.29, 0.717) is 0 Å². The number of carbonyl (C=O) groups is 1. The van der Waals surface area contributed by atoms with Gasteiger partial charge in [0.15, 0.2) is 5.65 Å². The van der Waals surface area contributed by atoms with Crippen LogP contribution in [0, 0.1) is 32.5 Å². The monoisotopic (exact) mass is 457 g/mol. The van der Waals surface area contributed by atoms with Crippen LogP contribution in [-0.2, 0) is 4.79 Å². The molecule has 1 saturated heterocycles. The highest BCUT2D eigenvalue weighted by Crippen LogP contribution is 2.28. The van der Waals surface area contributed by atoms with Gasteiger partial charge in [0.1, 0.15) is 11.6 Å². The second-order valence-electron chi connectivity index (χ2n) is 9.13. The number of nitrogens with one attached hydrogen (secondary N) is 1. The molecule has 0 atom stereocenters. The number of halogens is 1. The molecule has 1 aliphatic heterocycles. The quantitative estimate of drug-likeness (QED) is 0.451. The van der Waals surface area contributed by atoms with Crippen molar-refractivity contribution in [1.82, 2.24) is 14.6 Å². The minimum absolute atomic E-state index is 0.0259. The van der Waals surface area contributed by atoms with Crippen LogP contribution >= 0.6 is 0 Å². The van der Waals surface area contributed by atoms with Crippen LogP contribution < -0.4 is 10.2 Å². The summed E-state index contributed by atoms with van der Waals surface area (Å²) in [4.78, 5) is 19.8. The first-order valence-corrected chi connectivity index (χ1v) is 11.6. The van der Waals surface area contributed by atoms with Gasteiger partial charge in [0.05, 0.1) is 5.69 Å². The van der Waals surface area contributed by atoms with Crippen LogP contribution in [0.3, 0.4) is 0 Å². The Morgan fingerprint density at radius 1 is 1.00 bits per heavy atom. The molecule has 4 aromatic rings. The molecule has 2 aromatic heterocycles. The maximum atomic E-state index is 13.3.